The molecule has 0 unspecified atom stereocenters. The minimum absolute atomic E-state index is 0.167. The van der Waals surface area contributed by atoms with Crippen LogP contribution in [0.25, 0.3) is 0 Å². The molecule has 1 N–H and O–H groups in total. The lowest BCUT2D eigenvalue weighted by Crippen LogP contribution is -2.46. The Morgan fingerprint density at radius 2 is 1.96 bits per heavy atom. The van der Waals surface area contributed by atoms with Gasteiger partial charge in [-0.15, -0.1) is 0 Å². The number of nitrogens with zero attached hydrogens (tertiary/aromatic N) is 1. The highest BCUT2D eigenvalue weighted by Crippen LogP contribution is 2.34. The Hall–Kier alpha value is -2.01. The maximum absolute atomic E-state index is 12.2. The quantitative estimate of drug-likeness (QED) is 0.862. The Morgan fingerprint density at radius 3 is 2.60 bits per heavy atom. The average Bonchev–Trinajstić information content (AvgIpc) is 2.69. The Balaban J connectivity index is 1.49. The van der Waals surface area contributed by atoms with Crippen molar-refractivity contribution in [3.05, 3.63) is 47.9 Å². The fourth-order valence-electron chi connectivity index (χ4n) is 3.52. The molecule has 2 aliphatic rings. The highest BCUT2D eigenvalue weighted by Gasteiger charge is 2.33. The normalized spacial score (nSPS) is 20.1. The third-order valence-electron chi connectivity index (χ3n) is 5.41. The van der Waals surface area contributed by atoms with Crippen molar-refractivity contribution in [1.82, 2.24) is 10.2 Å². The molecule has 136 valence electrons. The molecule has 1 amide bonds. The molecule has 2 aliphatic heterocycles. The summed E-state index contributed by atoms with van der Waals surface area (Å²) in [6.07, 6.45) is 4.70. The maximum atomic E-state index is 12.2. The van der Waals surface area contributed by atoms with E-state index in [4.69, 9.17) is 9.47 Å². The number of rotatable bonds is 6. The topological polar surface area (TPSA) is 50.8 Å². The number of amides is 1. The maximum Gasteiger partial charge on any atom is 0.289 e. The Kier molecular flexibility index (Phi) is 5.97. The van der Waals surface area contributed by atoms with Crippen LogP contribution >= 0.6 is 0 Å². The van der Waals surface area contributed by atoms with E-state index in [9.17, 15) is 4.79 Å². The lowest BCUT2D eigenvalue weighted by Gasteiger charge is -2.41. The number of carbonyl (C=O) groups is 1. The van der Waals surface area contributed by atoms with E-state index in [-0.39, 0.29) is 11.3 Å². The third-order valence-corrected chi connectivity index (χ3v) is 5.41. The Morgan fingerprint density at radius 1 is 1.20 bits per heavy atom. The van der Waals surface area contributed by atoms with Crippen molar-refractivity contribution in [1.29, 1.82) is 0 Å². The molecule has 3 rings (SSSR count). The van der Waals surface area contributed by atoms with Crippen LogP contribution in [0.5, 0.6) is 0 Å². The predicted octanol–water partition coefficient (Wildman–Crippen LogP) is 2.68. The van der Waals surface area contributed by atoms with E-state index in [1.807, 2.05) is 0 Å². The first-order valence-electron chi connectivity index (χ1n) is 9.20. The fourth-order valence-corrected chi connectivity index (χ4v) is 3.52. The van der Waals surface area contributed by atoms with Crippen LogP contribution in [0, 0.1) is 5.41 Å². The van der Waals surface area contributed by atoms with E-state index in [0.717, 1.165) is 38.9 Å². The van der Waals surface area contributed by atoms with Gasteiger partial charge < -0.3 is 14.8 Å². The molecule has 0 radical (unpaired) electrons. The number of ether oxygens (including phenoxy) is 2. The number of hydrogen-bond acceptors (Lipinski definition) is 4. The Labute approximate surface area is 150 Å². The van der Waals surface area contributed by atoms with Crippen molar-refractivity contribution >= 4 is 5.91 Å². The van der Waals surface area contributed by atoms with Crippen molar-refractivity contribution in [2.24, 2.45) is 5.41 Å². The first kappa shape index (κ1) is 17.8. The van der Waals surface area contributed by atoms with Gasteiger partial charge >= 0.3 is 0 Å². The van der Waals surface area contributed by atoms with Gasteiger partial charge in [-0.3, -0.25) is 9.69 Å². The molecule has 0 bridgehead atoms. The summed E-state index contributed by atoms with van der Waals surface area (Å²) in [5.74, 6) is 0.123. The molecule has 5 nitrogen and oxygen atoms in total. The number of benzene rings is 1. The van der Waals surface area contributed by atoms with Gasteiger partial charge in [-0.25, -0.2) is 0 Å². The molecule has 0 saturated carbocycles. The lowest BCUT2D eigenvalue weighted by atomic mass is 9.76. The summed E-state index contributed by atoms with van der Waals surface area (Å²) in [5.41, 5.74) is 1.54. The largest absolute Gasteiger partial charge is 0.494 e. The molecule has 1 saturated heterocycles. The number of hydrogen-bond donors (Lipinski definition) is 1. The van der Waals surface area contributed by atoms with Crippen LogP contribution in [0.15, 0.2) is 42.4 Å². The predicted molar refractivity (Wildman–Crippen MR) is 96.7 cm³/mol. The first-order valence-corrected chi connectivity index (χ1v) is 9.20. The zero-order chi connectivity index (χ0) is 17.5. The summed E-state index contributed by atoms with van der Waals surface area (Å²) in [5, 5.41) is 3.05. The molecule has 1 aromatic carbocycles. The van der Waals surface area contributed by atoms with Gasteiger partial charge in [0.25, 0.3) is 5.91 Å². The molecule has 25 heavy (non-hydrogen) atoms. The summed E-state index contributed by atoms with van der Waals surface area (Å²) >= 11 is 0. The van der Waals surface area contributed by atoms with E-state index >= 15 is 0 Å². The van der Waals surface area contributed by atoms with E-state index in [1.165, 1.54) is 11.8 Å². The number of carbonyl (C=O) groups excluding carboxylic acids is 1. The Bertz CT molecular complexity index is 592. The molecule has 0 aromatic heterocycles. The van der Waals surface area contributed by atoms with Crippen LogP contribution < -0.4 is 5.32 Å². The van der Waals surface area contributed by atoms with Gasteiger partial charge in [0, 0.05) is 13.1 Å². The highest BCUT2D eigenvalue weighted by molar-refractivity contribution is 5.91. The minimum atomic E-state index is -0.167. The monoisotopic (exact) mass is 344 g/mol. The summed E-state index contributed by atoms with van der Waals surface area (Å²) in [6.45, 7) is 7.01. The lowest BCUT2D eigenvalue weighted by molar-refractivity contribution is -0.123. The molecule has 5 heteroatoms. The fraction of sp³-hybridized carbons (Fsp3) is 0.550. The van der Waals surface area contributed by atoms with Crippen molar-refractivity contribution in [3.63, 3.8) is 0 Å². The summed E-state index contributed by atoms with van der Waals surface area (Å²) in [7, 11) is 0. The first-order chi connectivity index (χ1) is 12.2. The van der Waals surface area contributed by atoms with E-state index in [1.54, 1.807) is 0 Å². The summed E-state index contributed by atoms with van der Waals surface area (Å²) in [6, 6.07) is 10.6. The zero-order valence-electron chi connectivity index (χ0n) is 15.0. The van der Waals surface area contributed by atoms with Gasteiger partial charge in [0.2, 0.25) is 5.76 Å². The van der Waals surface area contributed by atoms with Crippen LogP contribution in [-0.2, 0) is 20.8 Å². The van der Waals surface area contributed by atoms with Crippen LogP contribution in [0.2, 0.25) is 0 Å². The molecular formula is C20H28N2O3. The second-order valence-corrected chi connectivity index (χ2v) is 7.00. The van der Waals surface area contributed by atoms with Gasteiger partial charge in [0.1, 0.15) is 19.5 Å². The molecule has 2 heterocycles. The number of piperidine rings is 1. The number of likely N-dealkylation sites (tertiary alicyclic amines) is 1. The van der Waals surface area contributed by atoms with Crippen molar-refractivity contribution in [2.75, 3.05) is 32.8 Å². The standard InChI is InChI=1S/C20H28N2O3/c1-2-20(16-21-19(23)18-15-24-12-13-25-18)8-10-22(11-9-20)14-17-6-4-3-5-7-17/h3-7,15H,2,8-14,16H2,1H3,(H,21,23). The van der Waals surface area contributed by atoms with Crippen LogP contribution in [0.1, 0.15) is 31.7 Å². The second-order valence-electron chi connectivity index (χ2n) is 7.00. The van der Waals surface area contributed by atoms with E-state index < -0.39 is 0 Å². The second kappa shape index (κ2) is 8.39. The van der Waals surface area contributed by atoms with E-state index in [0.29, 0.717) is 25.5 Å². The van der Waals surface area contributed by atoms with Crippen molar-refractivity contribution in [2.45, 2.75) is 32.7 Å². The van der Waals surface area contributed by atoms with Gasteiger partial charge in [0.15, 0.2) is 0 Å². The van der Waals surface area contributed by atoms with Gasteiger partial charge in [0.05, 0.1) is 0 Å². The van der Waals surface area contributed by atoms with Gasteiger partial charge in [-0.2, -0.15) is 0 Å². The van der Waals surface area contributed by atoms with Crippen LogP contribution in [0.3, 0.4) is 0 Å². The van der Waals surface area contributed by atoms with Crippen LogP contribution in [-0.4, -0.2) is 43.7 Å². The molecule has 0 atom stereocenters. The minimum Gasteiger partial charge on any atom is -0.494 e. The molecule has 0 aliphatic carbocycles. The van der Waals surface area contributed by atoms with Gasteiger partial charge in [-0.05, 0) is 43.3 Å². The van der Waals surface area contributed by atoms with E-state index in [2.05, 4.69) is 47.5 Å². The van der Waals surface area contributed by atoms with Crippen LogP contribution in [0.4, 0.5) is 0 Å². The average molecular weight is 344 g/mol. The summed E-state index contributed by atoms with van der Waals surface area (Å²) in [4.78, 5) is 14.7. The van der Waals surface area contributed by atoms with Crippen molar-refractivity contribution < 1.29 is 14.3 Å². The van der Waals surface area contributed by atoms with Crippen molar-refractivity contribution in [3.8, 4) is 0 Å². The molecular weight excluding hydrogens is 316 g/mol. The highest BCUT2D eigenvalue weighted by atomic mass is 16.6. The molecule has 0 spiro atoms. The summed E-state index contributed by atoms with van der Waals surface area (Å²) < 4.78 is 10.5. The number of nitrogens with one attached hydrogen (secondary N) is 1. The van der Waals surface area contributed by atoms with Gasteiger partial charge in [-0.1, -0.05) is 37.3 Å². The smallest absolute Gasteiger partial charge is 0.289 e. The molecule has 1 aromatic rings. The molecule has 1 fully saturated rings. The SMILES string of the molecule is CCC1(CNC(=O)C2=COCCO2)CCN(Cc2ccccc2)CC1. The third kappa shape index (κ3) is 4.75. The zero-order valence-corrected chi connectivity index (χ0v) is 15.0.